The lowest BCUT2D eigenvalue weighted by atomic mass is 10.3. The van der Waals surface area contributed by atoms with Gasteiger partial charge in [0.2, 0.25) is 5.91 Å². The predicted octanol–water partition coefficient (Wildman–Crippen LogP) is 0.672. The molecule has 6 heteroatoms. The largest absolute Gasteiger partial charge is 0.355 e. The molecule has 0 aromatic rings. The molecule has 0 aromatic heterocycles. The van der Waals surface area contributed by atoms with E-state index < -0.39 is 0 Å². The number of amides is 1. The molecule has 0 saturated carbocycles. The molecule has 1 saturated heterocycles. The van der Waals surface area contributed by atoms with Crippen LogP contribution in [0.15, 0.2) is 17.6 Å². The lowest BCUT2D eigenvalue weighted by Crippen LogP contribution is -2.50. The van der Waals surface area contributed by atoms with Crippen LogP contribution in [0.25, 0.3) is 0 Å². The van der Waals surface area contributed by atoms with Gasteiger partial charge >= 0.3 is 0 Å². The van der Waals surface area contributed by atoms with Gasteiger partial charge in [0.25, 0.3) is 0 Å². The third-order valence-corrected chi connectivity index (χ3v) is 3.73. The van der Waals surface area contributed by atoms with Crippen LogP contribution in [0.4, 0.5) is 0 Å². The Labute approximate surface area is 134 Å². The summed E-state index contributed by atoms with van der Waals surface area (Å²) in [4.78, 5) is 20.1. The number of rotatable bonds is 8. The van der Waals surface area contributed by atoms with Gasteiger partial charge in [-0.15, -0.1) is 6.58 Å². The Morgan fingerprint density at radius 3 is 2.59 bits per heavy atom. The summed E-state index contributed by atoms with van der Waals surface area (Å²) < 4.78 is 0. The molecule has 1 heterocycles. The maximum atomic E-state index is 11.3. The summed E-state index contributed by atoms with van der Waals surface area (Å²) in [6.07, 6.45) is 4.09. The van der Waals surface area contributed by atoms with E-state index in [2.05, 4.69) is 34.0 Å². The van der Waals surface area contributed by atoms with Gasteiger partial charge < -0.3 is 15.5 Å². The van der Waals surface area contributed by atoms with E-state index in [9.17, 15) is 4.79 Å². The molecule has 1 amide bonds. The highest BCUT2D eigenvalue weighted by atomic mass is 16.2. The van der Waals surface area contributed by atoms with Crippen molar-refractivity contribution >= 4 is 11.9 Å². The molecule has 1 fully saturated rings. The number of nitrogens with zero attached hydrogens (tertiary/aromatic N) is 3. The van der Waals surface area contributed by atoms with Crippen molar-refractivity contribution in [3.63, 3.8) is 0 Å². The minimum absolute atomic E-state index is 0.178. The molecular formula is C16H31N5O. The smallest absolute Gasteiger partial charge is 0.219 e. The van der Waals surface area contributed by atoms with Crippen molar-refractivity contribution in [1.82, 2.24) is 20.4 Å². The standard InChI is InChI=1S/C16H31N5O/c1-4-6-8-18-16(17-7-5-2)19-9-10-20-11-13-21(14-12-20)15(3)22/h5H,2,4,6-14H2,1,3H3,(H2,17,18,19). The number of aliphatic imine (C=N–C) groups is 1. The monoisotopic (exact) mass is 309 g/mol. The summed E-state index contributed by atoms with van der Waals surface area (Å²) >= 11 is 0. The van der Waals surface area contributed by atoms with Crippen LogP contribution in [-0.4, -0.2) is 74.0 Å². The third-order valence-electron chi connectivity index (χ3n) is 3.73. The van der Waals surface area contributed by atoms with Crippen LogP contribution in [-0.2, 0) is 4.79 Å². The summed E-state index contributed by atoms with van der Waals surface area (Å²) in [5.74, 6) is 1.03. The fraction of sp³-hybridized carbons (Fsp3) is 0.750. The van der Waals surface area contributed by atoms with E-state index >= 15 is 0 Å². The number of piperazine rings is 1. The molecule has 0 bridgehead atoms. The van der Waals surface area contributed by atoms with Crippen molar-refractivity contribution < 1.29 is 4.79 Å². The first-order chi connectivity index (χ1) is 10.7. The van der Waals surface area contributed by atoms with Crippen LogP contribution in [0.1, 0.15) is 26.7 Å². The van der Waals surface area contributed by atoms with Gasteiger partial charge in [0.1, 0.15) is 0 Å². The van der Waals surface area contributed by atoms with Crippen molar-refractivity contribution in [2.24, 2.45) is 4.99 Å². The average molecular weight is 309 g/mol. The molecular weight excluding hydrogens is 278 g/mol. The summed E-state index contributed by atoms with van der Waals surface area (Å²) in [7, 11) is 0. The average Bonchev–Trinajstić information content (AvgIpc) is 2.52. The quantitative estimate of drug-likeness (QED) is 0.299. The number of unbranched alkanes of at least 4 members (excludes halogenated alkanes) is 1. The van der Waals surface area contributed by atoms with Crippen LogP contribution in [0, 0.1) is 0 Å². The maximum absolute atomic E-state index is 11.3. The predicted molar refractivity (Wildman–Crippen MR) is 92.1 cm³/mol. The van der Waals surface area contributed by atoms with Crippen molar-refractivity contribution in [3.8, 4) is 0 Å². The normalized spacial score (nSPS) is 16.5. The molecule has 2 N–H and O–H groups in total. The fourth-order valence-corrected chi connectivity index (χ4v) is 2.31. The Morgan fingerprint density at radius 2 is 2.00 bits per heavy atom. The van der Waals surface area contributed by atoms with Gasteiger partial charge in [-0.25, -0.2) is 0 Å². The molecule has 22 heavy (non-hydrogen) atoms. The highest BCUT2D eigenvalue weighted by Gasteiger charge is 2.17. The van der Waals surface area contributed by atoms with Crippen LogP contribution < -0.4 is 10.6 Å². The first-order valence-corrected chi connectivity index (χ1v) is 8.28. The zero-order chi connectivity index (χ0) is 16.2. The number of hydrogen-bond donors (Lipinski definition) is 2. The van der Waals surface area contributed by atoms with Gasteiger partial charge in [0.15, 0.2) is 5.96 Å². The molecule has 0 spiro atoms. The molecule has 126 valence electrons. The number of carbonyl (C=O) groups excluding carboxylic acids is 1. The highest BCUT2D eigenvalue weighted by Crippen LogP contribution is 2.00. The first kappa shape index (κ1) is 18.5. The van der Waals surface area contributed by atoms with E-state index in [-0.39, 0.29) is 5.91 Å². The van der Waals surface area contributed by atoms with Gasteiger partial charge in [-0.2, -0.15) is 0 Å². The van der Waals surface area contributed by atoms with Gasteiger partial charge in [0.05, 0.1) is 0 Å². The molecule has 1 aliphatic rings. The second-order valence-corrected chi connectivity index (χ2v) is 5.53. The van der Waals surface area contributed by atoms with Gasteiger partial charge in [0, 0.05) is 59.3 Å². The number of nitrogens with one attached hydrogen (secondary N) is 2. The zero-order valence-electron chi connectivity index (χ0n) is 14.1. The topological polar surface area (TPSA) is 60.0 Å². The van der Waals surface area contributed by atoms with Crippen LogP contribution in [0.5, 0.6) is 0 Å². The molecule has 0 aromatic carbocycles. The zero-order valence-corrected chi connectivity index (χ0v) is 14.1. The Morgan fingerprint density at radius 1 is 1.27 bits per heavy atom. The number of guanidine groups is 1. The van der Waals surface area contributed by atoms with Crippen molar-refractivity contribution in [2.75, 3.05) is 52.4 Å². The third kappa shape index (κ3) is 7.45. The summed E-state index contributed by atoms with van der Waals surface area (Å²) in [5.41, 5.74) is 0. The molecule has 0 atom stereocenters. The van der Waals surface area contributed by atoms with Crippen LogP contribution >= 0.6 is 0 Å². The molecule has 1 aliphatic heterocycles. The minimum Gasteiger partial charge on any atom is -0.355 e. The van der Waals surface area contributed by atoms with Crippen molar-refractivity contribution in [2.45, 2.75) is 26.7 Å². The first-order valence-electron chi connectivity index (χ1n) is 8.28. The van der Waals surface area contributed by atoms with E-state index in [0.717, 1.165) is 71.2 Å². The van der Waals surface area contributed by atoms with Gasteiger partial charge in [-0.1, -0.05) is 19.4 Å². The Balaban J connectivity index is 2.25. The minimum atomic E-state index is 0.178. The van der Waals surface area contributed by atoms with E-state index in [1.807, 2.05) is 11.0 Å². The fourth-order valence-electron chi connectivity index (χ4n) is 2.31. The van der Waals surface area contributed by atoms with Gasteiger partial charge in [-0.05, 0) is 6.42 Å². The van der Waals surface area contributed by atoms with Crippen LogP contribution in [0.3, 0.4) is 0 Å². The summed E-state index contributed by atoms with van der Waals surface area (Å²) in [6.45, 7) is 14.5. The Hall–Kier alpha value is -1.56. The van der Waals surface area contributed by atoms with Crippen molar-refractivity contribution in [1.29, 1.82) is 0 Å². The summed E-state index contributed by atoms with van der Waals surface area (Å²) in [5, 5.41) is 6.60. The Kier molecular flexibility index (Phi) is 9.30. The van der Waals surface area contributed by atoms with Crippen LogP contribution in [0.2, 0.25) is 0 Å². The molecule has 6 nitrogen and oxygen atoms in total. The van der Waals surface area contributed by atoms with E-state index in [1.165, 1.54) is 0 Å². The second kappa shape index (κ2) is 11.1. The van der Waals surface area contributed by atoms with Gasteiger partial charge in [-0.3, -0.25) is 14.7 Å². The molecule has 1 rings (SSSR count). The molecule has 0 aliphatic carbocycles. The number of carbonyl (C=O) groups is 1. The van der Waals surface area contributed by atoms with E-state index in [0.29, 0.717) is 0 Å². The summed E-state index contributed by atoms with van der Waals surface area (Å²) in [6, 6.07) is 0. The molecule has 0 unspecified atom stereocenters. The van der Waals surface area contributed by atoms with Crippen molar-refractivity contribution in [3.05, 3.63) is 12.7 Å². The van der Waals surface area contributed by atoms with E-state index in [1.54, 1.807) is 6.92 Å². The maximum Gasteiger partial charge on any atom is 0.219 e. The molecule has 0 radical (unpaired) electrons. The Bertz CT molecular complexity index is 362. The van der Waals surface area contributed by atoms with E-state index in [4.69, 9.17) is 0 Å². The lowest BCUT2D eigenvalue weighted by Gasteiger charge is -2.34. The second-order valence-electron chi connectivity index (χ2n) is 5.53. The highest BCUT2D eigenvalue weighted by molar-refractivity contribution is 5.79. The number of hydrogen-bond acceptors (Lipinski definition) is 3. The lowest BCUT2D eigenvalue weighted by molar-refractivity contribution is -0.130. The SMILES string of the molecule is C=CCNC(=NCCCC)NCCN1CCN(C(C)=O)CC1.